The molecule has 3 rings (SSSR count). The Kier molecular flexibility index (Phi) is 6.46. The van der Waals surface area contributed by atoms with Gasteiger partial charge in [-0.05, 0) is 46.7 Å². The van der Waals surface area contributed by atoms with Crippen LogP contribution in [0.25, 0.3) is 11.3 Å². The molecule has 3 N–H and O–H groups in total. The minimum Gasteiger partial charge on any atom is -0.507 e. The van der Waals surface area contributed by atoms with E-state index < -0.39 is 5.91 Å². The number of nitrogens with one attached hydrogen (secondary N) is 2. The molecule has 1 aromatic heterocycles. The minimum atomic E-state index is -0.403. The predicted molar refractivity (Wildman–Crippen MR) is 130 cm³/mol. The third-order valence-corrected chi connectivity index (χ3v) is 5.34. The van der Waals surface area contributed by atoms with Crippen molar-refractivity contribution < 1.29 is 9.90 Å². The number of H-pyrrole nitrogens is 1. The van der Waals surface area contributed by atoms with E-state index in [-0.39, 0.29) is 10.8 Å². The summed E-state index contributed by atoms with van der Waals surface area (Å²) in [4.78, 5) is 12.5. The third kappa shape index (κ3) is 5.37. The number of halogens is 1. The van der Waals surface area contributed by atoms with Crippen molar-refractivity contribution in [1.82, 2.24) is 15.6 Å². The second-order valence-corrected chi connectivity index (χ2v) is 10.3. The molecule has 0 radical (unpaired) electrons. The Hall–Kier alpha value is -3.12. The Balaban J connectivity index is 1.80. The average Bonchev–Trinajstić information content (AvgIpc) is 3.18. The first-order valence-corrected chi connectivity index (χ1v) is 10.8. The van der Waals surface area contributed by atoms with Crippen LogP contribution in [0.4, 0.5) is 0 Å². The van der Waals surface area contributed by atoms with Gasteiger partial charge in [-0.1, -0.05) is 65.3 Å². The summed E-state index contributed by atoms with van der Waals surface area (Å²) in [5.41, 5.74) is 6.28. The molecule has 0 fully saturated rings. The van der Waals surface area contributed by atoms with Crippen LogP contribution >= 0.6 is 11.6 Å². The highest BCUT2D eigenvalue weighted by molar-refractivity contribution is 6.30. The number of carbonyl (C=O) groups excluding carboxylic acids is 1. The number of nitrogens with zero attached hydrogens (tertiary/aromatic N) is 2. The van der Waals surface area contributed by atoms with Gasteiger partial charge in [-0.15, -0.1) is 0 Å². The molecule has 0 saturated carbocycles. The highest BCUT2D eigenvalue weighted by atomic mass is 35.5. The number of amides is 1. The summed E-state index contributed by atoms with van der Waals surface area (Å²) in [6.45, 7) is 12.3. The number of aromatic nitrogens is 2. The van der Waals surface area contributed by atoms with E-state index >= 15 is 0 Å². The summed E-state index contributed by atoms with van der Waals surface area (Å²) in [5, 5.41) is 22.5. The molecular formula is C25H29ClN4O2. The van der Waals surface area contributed by atoms with Crippen LogP contribution in [0.1, 0.15) is 68.7 Å². The van der Waals surface area contributed by atoms with Gasteiger partial charge in [0.1, 0.15) is 11.4 Å². The Bertz CT molecular complexity index is 1110. The van der Waals surface area contributed by atoms with E-state index in [2.05, 4.69) is 20.7 Å². The lowest BCUT2D eigenvalue weighted by molar-refractivity contribution is 0.0950. The fourth-order valence-corrected chi connectivity index (χ4v) is 3.43. The number of hydrogen-bond acceptors (Lipinski definition) is 4. The normalized spacial score (nSPS) is 12.3. The first kappa shape index (κ1) is 23.5. The van der Waals surface area contributed by atoms with Gasteiger partial charge in [0.25, 0.3) is 5.91 Å². The molecule has 168 valence electrons. The molecular weight excluding hydrogens is 424 g/mol. The van der Waals surface area contributed by atoms with Gasteiger partial charge in [-0.3, -0.25) is 9.89 Å². The van der Waals surface area contributed by atoms with Crippen molar-refractivity contribution in [2.24, 2.45) is 5.10 Å². The van der Waals surface area contributed by atoms with E-state index in [9.17, 15) is 9.90 Å². The van der Waals surface area contributed by atoms with E-state index in [1.807, 2.05) is 65.8 Å². The maximum Gasteiger partial charge on any atom is 0.289 e. The molecule has 7 heteroatoms. The molecule has 0 aliphatic rings. The topological polar surface area (TPSA) is 90.4 Å². The first-order chi connectivity index (χ1) is 14.9. The van der Waals surface area contributed by atoms with Crippen LogP contribution in [0.2, 0.25) is 5.02 Å². The number of phenols is 1. The predicted octanol–water partition coefficient (Wildman–Crippen LogP) is 5.79. The third-order valence-electron chi connectivity index (χ3n) is 5.09. The summed E-state index contributed by atoms with van der Waals surface area (Å²) in [6, 6.07) is 12.7. The fourth-order valence-electron chi connectivity index (χ4n) is 3.31. The number of rotatable bonds is 4. The maximum atomic E-state index is 12.5. The van der Waals surface area contributed by atoms with Gasteiger partial charge < -0.3 is 5.11 Å². The van der Waals surface area contributed by atoms with E-state index in [1.54, 1.807) is 24.4 Å². The van der Waals surface area contributed by atoms with Crippen LogP contribution in [0.3, 0.4) is 0 Å². The zero-order chi connectivity index (χ0) is 23.7. The lowest BCUT2D eigenvalue weighted by Crippen LogP contribution is -2.19. The smallest absolute Gasteiger partial charge is 0.289 e. The van der Waals surface area contributed by atoms with E-state index in [0.29, 0.717) is 22.2 Å². The molecule has 0 bridgehead atoms. The molecule has 32 heavy (non-hydrogen) atoms. The summed E-state index contributed by atoms with van der Waals surface area (Å²) >= 11 is 5.92. The van der Waals surface area contributed by atoms with Crippen molar-refractivity contribution in [2.45, 2.75) is 52.4 Å². The van der Waals surface area contributed by atoms with Crippen LogP contribution in [0, 0.1) is 0 Å². The first-order valence-electron chi connectivity index (χ1n) is 10.4. The van der Waals surface area contributed by atoms with Crippen LogP contribution in [0.15, 0.2) is 47.6 Å². The average molecular weight is 453 g/mol. The van der Waals surface area contributed by atoms with E-state index in [4.69, 9.17) is 11.6 Å². The van der Waals surface area contributed by atoms with Crippen LogP contribution < -0.4 is 5.43 Å². The standard InChI is InChI=1S/C25H29ClN4O2/c1-24(2,3)18-11-15(12-19(22(18)31)25(4,5)6)14-27-30-23(32)21-13-20(28-29-21)16-7-9-17(26)10-8-16/h7-14,31H,1-6H3,(H,28,29)(H,30,32). The van der Waals surface area contributed by atoms with Crippen molar-refractivity contribution in [3.63, 3.8) is 0 Å². The van der Waals surface area contributed by atoms with Crippen molar-refractivity contribution in [2.75, 3.05) is 0 Å². The molecule has 0 aliphatic carbocycles. The fraction of sp³-hybridized carbons (Fsp3) is 0.320. The van der Waals surface area contributed by atoms with Gasteiger partial charge in [0.15, 0.2) is 0 Å². The number of phenolic OH excluding ortho intramolecular Hbond substituents is 1. The molecule has 1 heterocycles. The molecule has 0 atom stereocenters. The van der Waals surface area contributed by atoms with Crippen LogP contribution in [0.5, 0.6) is 5.75 Å². The lowest BCUT2D eigenvalue weighted by Gasteiger charge is -2.27. The van der Waals surface area contributed by atoms with Crippen molar-refractivity contribution >= 4 is 23.7 Å². The zero-order valence-corrected chi connectivity index (χ0v) is 20.0. The monoisotopic (exact) mass is 452 g/mol. The molecule has 1 amide bonds. The molecule has 6 nitrogen and oxygen atoms in total. The Morgan fingerprint density at radius 1 is 1.03 bits per heavy atom. The Labute approximate surface area is 193 Å². The second kappa shape index (κ2) is 8.79. The van der Waals surface area contributed by atoms with Gasteiger partial charge in [-0.25, -0.2) is 5.43 Å². The summed E-state index contributed by atoms with van der Waals surface area (Å²) in [6.07, 6.45) is 1.58. The number of benzene rings is 2. The number of carbonyl (C=O) groups is 1. The molecule has 0 spiro atoms. The molecule has 0 aliphatic heterocycles. The van der Waals surface area contributed by atoms with Gasteiger partial charge in [0.05, 0.1) is 11.9 Å². The number of hydrazone groups is 1. The van der Waals surface area contributed by atoms with Crippen LogP contribution in [-0.2, 0) is 10.8 Å². The van der Waals surface area contributed by atoms with Gasteiger partial charge >= 0.3 is 0 Å². The SMILES string of the molecule is CC(C)(C)c1cc(C=NNC(=O)c2cc(-c3ccc(Cl)cc3)n[nH]2)cc(C(C)(C)C)c1O. The zero-order valence-electron chi connectivity index (χ0n) is 19.2. The Morgan fingerprint density at radius 3 is 2.12 bits per heavy atom. The van der Waals surface area contributed by atoms with Crippen molar-refractivity contribution in [3.05, 3.63) is 69.9 Å². The summed E-state index contributed by atoms with van der Waals surface area (Å²) in [7, 11) is 0. The second-order valence-electron chi connectivity index (χ2n) is 9.84. The van der Waals surface area contributed by atoms with Crippen molar-refractivity contribution in [3.8, 4) is 17.0 Å². The maximum absolute atomic E-state index is 12.5. The Morgan fingerprint density at radius 2 is 1.59 bits per heavy atom. The number of hydrogen-bond donors (Lipinski definition) is 3. The quantitative estimate of drug-likeness (QED) is 0.345. The molecule has 0 unspecified atom stereocenters. The highest BCUT2D eigenvalue weighted by Crippen LogP contribution is 2.39. The molecule has 2 aromatic carbocycles. The van der Waals surface area contributed by atoms with Crippen LogP contribution in [-0.4, -0.2) is 27.4 Å². The van der Waals surface area contributed by atoms with Gasteiger partial charge in [0, 0.05) is 21.7 Å². The number of aromatic amines is 1. The van der Waals surface area contributed by atoms with Gasteiger partial charge in [-0.2, -0.15) is 10.2 Å². The summed E-state index contributed by atoms with van der Waals surface area (Å²) in [5.74, 6) is -0.0989. The van der Waals surface area contributed by atoms with E-state index in [1.165, 1.54) is 0 Å². The highest BCUT2D eigenvalue weighted by Gasteiger charge is 2.26. The molecule has 0 saturated heterocycles. The largest absolute Gasteiger partial charge is 0.507 e. The van der Waals surface area contributed by atoms with E-state index in [0.717, 1.165) is 22.3 Å². The number of aromatic hydroxyl groups is 1. The lowest BCUT2D eigenvalue weighted by atomic mass is 9.78. The van der Waals surface area contributed by atoms with Gasteiger partial charge in [0.2, 0.25) is 0 Å². The van der Waals surface area contributed by atoms with Crippen molar-refractivity contribution in [1.29, 1.82) is 0 Å². The summed E-state index contributed by atoms with van der Waals surface area (Å²) < 4.78 is 0. The minimum absolute atomic E-state index is 0.245. The molecule has 3 aromatic rings.